The molecule has 1 N–H and O–H groups in total. The first-order valence-electron chi connectivity index (χ1n) is 6.11. The van der Waals surface area contributed by atoms with E-state index >= 15 is 0 Å². The monoisotopic (exact) mass is 198 g/mol. The van der Waals surface area contributed by atoms with Crippen LogP contribution in [0.1, 0.15) is 40.5 Å². The third-order valence-corrected chi connectivity index (χ3v) is 3.10. The molecule has 0 aromatic heterocycles. The van der Waals surface area contributed by atoms with E-state index in [9.17, 15) is 0 Å². The van der Waals surface area contributed by atoms with Crippen LogP contribution in [-0.2, 0) is 0 Å². The maximum absolute atomic E-state index is 3.64. The summed E-state index contributed by atoms with van der Waals surface area (Å²) in [5.41, 5.74) is 0. The Balaban J connectivity index is 2.37. The highest BCUT2D eigenvalue weighted by Gasteiger charge is 2.25. The normalized spacial score (nSPS) is 29.8. The van der Waals surface area contributed by atoms with Crippen LogP contribution < -0.4 is 5.32 Å². The van der Waals surface area contributed by atoms with Gasteiger partial charge in [-0.15, -0.1) is 0 Å². The lowest BCUT2D eigenvalue weighted by Gasteiger charge is -2.39. The fraction of sp³-hybridized carbons (Fsp3) is 1.00. The van der Waals surface area contributed by atoms with Crippen LogP contribution in [0.3, 0.4) is 0 Å². The maximum atomic E-state index is 3.64. The van der Waals surface area contributed by atoms with Gasteiger partial charge in [0.15, 0.2) is 0 Å². The van der Waals surface area contributed by atoms with Gasteiger partial charge in [0.2, 0.25) is 0 Å². The number of rotatable bonds is 4. The van der Waals surface area contributed by atoms with Gasteiger partial charge in [0.25, 0.3) is 0 Å². The number of piperidine rings is 1. The Morgan fingerprint density at radius 1 is 1.36 bits per heavy atom. The largest absolute Gasteiger partial charge is 0.313 e. The highest BCUT2D eigenvalue weighted by atomic mass is 15.2. The first kappa shape index (κ1) is 12.0. The number of hydrogen-bond donors (Lipinski definition) is 1. The van der Waals surface area contributed by atoms with Gasteiger partial charge < -0.3 is 5.32 Å². The van der Waals surface area contributed by atoms with Crippen LogP contribution in [0.25, 0.3) is 0 Å². The molecular weight excluding hydrogens is 172 g/mol. The zero-order chi connectivity index (χ0) is 10.6. The second-order valence-corrected chi connectivity index (χ2v) is 5.04. The Morgan fingerprint density at radius 3 is 2.64 bits per heavy atom. The predicted molar refractivity (Wildman–Crippen MR) is 62.6 cm³/mol. The van der Waals surface area contributed by atoms with Crippen LogP contribution in [0.5, 0.6) is 0 Å². The lowest BCUT2D eigenvalue weighted by Crippen LogP contribution is -2.51. The Labute approximate surface area is 89.1 Å². The van der Waals surface area contributed by atoms with E-state index in [0.717, 1.165) is 12.0 Å². The average molecular weight is 198 g/mol. The molecule has 2 unspecified atom stereocenters. The average Bonchev–Trinajstić information content (AvgIpc) is 2.14. The first-order valence-corrected chi connectivity index (χ1v) is 6.11. The molecule has 2 heteroatoms. The van der Waals surface area contributed by atoms with E-state index in [-0.39, 0.29) is 0 Å². The van der Waals surface area contributed by atoms with Crippen LogP contribution >= 0.6 is 0 Å². The molecule has 1 rings (SSSR count). The van der Waals surface area contributed by atoms with E-state index in [1.165, 1.54) is 32.5 Å². The number of nitrogens with zero attached hydrogens (tertiary/aromatic N) is 1. The van der Waals surface area contributed by atoms with Crippen molar-refractivity contribution >= 4 is 0 Å². The molecular formula is C12H26N2. The summed E-state index contributed by atoms with van der Waals surface area (Å²) >= 11 is 0. The lowest BCUT2D eigenvalue weighted by atomic mass is 9.95. The van der Waals surface area contributed by atoms with E-state index < -0.39 is 0 Å². The quantitative estimate of drug-likeness (QED) is 0.744. The van der Waals surface area contributed by atoms with Crippen molar-refractivity contribution in [2.45, 2.75) is 52.6 Å². The Hall–Kier alpha value is -0.0800. The van der Waals surface area contributed by atoms with Crippen molar-refractivity contribution in [3.05, 3.63) is 0 Å². The first-order chi connectivity index (χ1) is 6.63. The predicted octanol–water partition coefficient (Wildman–Crippen LogP) is 2.10. The smallest absolute Gasteiger partial charge is 0.0198 e. The number of likely N-dealkylation sites (tertiary alicyclic amines) is 1. The Morgan fingerprint density at radius 2 is 2.07 bits per heavy atom. The topological polar surface area (TPSA) is 15.3 Å². The zero-order valence-corrected chi connectivity index (χ0v) is 10.2. The Bertz CT molecular complexity index is 156. The minimum absolute atomic E-state index is 0.698. The molecule has 2 nitrogen and oxygen atoms in total. The lowest BCUT2D eigenvalue weighted by molar-refractivity contribution is 0.119. The van der Waals surface area contributed by atoms with E-state index in [1.807, 2.05) is 0 Å². The van der Waals surface area contributed by atoms with Crippen LogP contribution in [0.2, 0.25) is 0 Å². The van der Waals surface area contributed by atoms with Crippen molar-refractivity contribution in [2.24, 2.45) is 5.92 Å². The third-order valence-electron chi connectivity index (χ3n) is 3.10. The van der Waals surface area contributed by atoms with Crippen LogP contribution in [-0.4, -0.2) is 36.6 Å². The van der Waals surface area contributed by atoms with Crippen molar-refractivity contribution in [3.63, 3.8) is 0 Å². The molecule has 0 saturated carbocycles. The summed E-state index contributed by atoms with van der Waals surface area (Å²) in [6, 6.07) is 1.42. The molecule has 0 aromatic carbocycles. The summed E-state index contributed by atoms with van der Waals surface area (Å²) in [5.74, 6) is 0.848. The van der Waals surface area contributed by atoms with Crippen molar-refractivity contribution in [2.75, 3.05) is 19.6 Å². The van der Waals surface area contributed by atoms with Crippen molar-refractivity contribution < 1.29 is 0 Å². The molecule has 0 spiro atoms. The molecule has 2 atom stereocenters. The molecule has 1 aliphatic heterocycles. The minimum Gasteiger partial charge on any atom is -0.313 e. The number of nitrogens with one attached hydrogen (secondary N) is 1. The van der Waals surface area contributed by atoms with Crippen molar-refractivity contribution in [1.82, 2.24) is 10.2 Å². The standard InChI is InChI=1S/C12H26N2/c1-5-6-13-12-7-11(4)8-14(9-12)10(2)3/h10-13H,5-9H2,1-4H3. The van der Waals surface area contributed by atoms with Gasteiger partial charge in [-0.25, -0.2) is 0 Å². The molecule has 0 aliphatic carbocycles. The minimum atomic E-state index is 0.698. The molecule has 0 amide bonds. The summed E-state index contributed by atoms with van der Waals surface area (Å²) in [7, 11) is 0. The molecule has 1 fully saturated rings. The summed E-state index contributed by atoms with van der Waals surface area (Å²) in [6.45, 7) is 12.9. The van der Waals surface area contributed by atoms with E-state index in [2.05, 4.69) is 37.9 Å². The summed E-state index contributed by atoms with van der Waals surface area (Å²) in [4.78, 5) is 2.60. The maximum Gasteiger partial charge on any atom is 0.0198 e. The van der Waals surface area contributed by atoms with Crippen LogP contribution in [0.4, 0.5) is 0 Å². The fourth-order valence-corrected chi connectivity index (χ4v) is 2.31. The molecule has 14 heavy (non-hydrogen) atoms. The van der Waals surface area contributed by atoms with Crippen molar-refractivity contribution in [3.8, 4) is 0 Å². The second-order valence-electron chi connectivity index (χ2n) is 5.04. The van der Waals surface area contributed by atoms with Gasteiger partial charge in [0, 0.05) is 25.2 Å². The van der Waals surface area contributed by atoms with Crippen LogP contribution in [0.15, 0.2) is 0 Å². The molecule has 1 aliphatic rings. The molecule has 84 valence electrons. The highest BCUT2D eigenvalue weighted by Crippen LogP contribution is 2.18. The SMILES string of the molecule is CCCNC1CC(C)CN(C(C)C)C1. The summed E-state index contributed by atoms with van der Waals surface area (Å²) in [6.07, 6.45) is 2.59. The highest BCUT2D eigenvalue weighted by molar-refractivity contribution is 4.83. The van der Waals surface area contributed by atoms with Gasteiger partial charge in [-0.05, 0) is 39.2 Å². The van der Waals surface area contributed by atoms with Gasteiger partial charge in [-0.1, -0.05) is 13.8 Å². The van der Waals surface area contributed by atoms with Gasteiger partial charge in [-0.2, -0.15) is 0 Å². The molecule has 1 heterocycles. The number of hydrogen-bond acceptors (Lipinski definition) is 2. The summed E-state index contributed by atoms with van der Waals surface area (Å²) in [5, 5.41) is 3.64. The molecule has 1 saturated heterocycles. The van der Waals surface area contributed by atoms with Gasteiger partial charge in [0.1, 0.15) is 0 Å². The molecule has 0 radical (unpaired) electrons. The van der Waals surface area contributed by atoms with E-state index in [4.69, 9.17) is 0 Å². The van der Waals surface area contributed by atoms with Gasteiger partial charge in [-0.3, -0.25) is 4.90 Å². The van der Waals surface area contributed by atoms with E-state index in [1.54, 1.807) is 0 Å². The van der Waals surface area contributed by atoms with Crippen molar-refractivity contribution in [1.29, 1.82) is 0 Å². The fourth-order valence-electron chi connectivity index (χ4n) is 2.31. The van der Waals surface area contributed by atoms with Crippen LogP contribution in [0, 0.1) is 5.92 Å². The molecule has 0 bridgehead atoms. The van der Waals surface area contributed by atoms with E-state index in [0.29, 0.717) is 6.04 Å². The zero-order valence-electron chi connectivity index (χ0n) is 10.2. The van der Waals surface area contributed by atoms with Gasteiger partial charge in [0.05, 0.1) is 0 Å². The third kappa shape index (κ3) is 3.58. The second kappa shape index (κ2) is 5.72. The molecule has 0 aromatic rings. The van der Waals surface area contributed by atoms with Gasteiger partial charge >= 0.3 is 0 Å². The summed E-state index contributed by atoms with van der Waals surface area (Å²) < 4.78 is 0. The Kier molecular flexibility index (Phi) is 4.90.